The van der Waals surface area contributed by atoms with E-state index in [-0.39, 0.29) is 18.6 Å². The largest absolute Gasteiger partial charge is 2.00 e. The Hall–Kier alpha value is 0.0744. The molecule has 0 unspecified atom stereocenters. The number of rotatable bonds is 0. The van der Waals surface area contributed by atoms with Gasteiger partial charge in [-0.3, -0.25) is 0 Å². The number of hydrogen-bond donors (Lipinski definition) is 0. The molecule has 1 rings (SSSR count). The molecule has 0 spiro atoms. The van der Waals surface area contributed by atoms with Crippen LogP contribution in [-0.2, 0) is 18.6 Å². The maximum absolute atomic E-state index is 3.64. The first-order chi connectivity index (χ1) is 3.80. The molecule has 1 aromatic heterocycles. The van der Waals surface area contributed by atoms with E-state index in [9.17, 15) is 0 Å². The summed E-state index contributed by atoms with van der Waals surface area (Å²) in [5, 5.41) is 10.4. The van der Waals surface area contributed by atoms with Gasteiger partial charge in [0.15, 0.2) is 0 Å². The van der Waals surface area contributed by atoms with E-state index in [0.29, 0.717) is 0 Å². The number of aryl methyl sites for hydroxylation is 1. The zero-order valence-corrected chi connectivity index (χ0v) is 7.65. The minimum Gasteiger partial charge on any atom is -0.246 e. The fraction of sp³-hybridized carbons (Fsp3) is 0.250. The molecule has 3 nitrogen and oxygen atoms in total. The van der Waals surface area contributed by atoms with Crippen molar-refractivity contribution in [3.05, 3.63) is 16.4 Å². The molecule has 1 radical (unpaired) electrons. The van der Waals surface area contributed by atoms with Crippen molar-refractivity contribution < 1.29 is 18.6 Å². The van der Waals surface area contributed by atoms with Crippen LogP contribution in [0.4, 0.5) is 0 Å². The Kier molecular flexibility index (Phi) is 4.01. The van der Waals surface area contributed by atoms with Gasteiger partial charge in [0.25, 0.3) is 0 Å². The summed E-state index contributed by atoms with van der Waals surface area (Å²) in [6, 6.07) is 0. The van der Waals surface area contributed by atoms with E-state index in [1.54, 1.807) is 0 Å². The van der Waals surface area contributed by atoms with Crippen LogP contribution in [-0.4, -0.2) is 15.4 Å². The Balaban J connectivity index is 0.000000640. The maximum atomic E-state index is 3.64. The first-order valence-electron chi connectivity index (χ1n) is 2.04. The summed E-state index contributed by atoms with van der Waals surface area (Å²) in [6.07, 6.45) is 2.59. The number of halogens is 1. The van der Waals surface area contributed by atoms with Crippen LogP contribution in [0.25, 0.3) is 0 Å². The molecule has 0 aromatic carbocycles. The van der Waals surface area contributed by atoms with E-state index in [2.05, 4.69) is 37.5 Å². The summed E-state index contributed by atoms with van der Waals surface area (Å²) < 4.78 is 0.771. The molecule has 0 amide bonds. The predicted octanol–water partition coefficient (Wildman–Crippen LogP) is 0.740. The Labute approximate surface area is 73.3 Å². The van der Waals surface area contributed by atoms with Crippen LogP contribution in [0, 0.1) is 13.1 Å². The predicted molar refractivity (Wildman–Crippen MR) is 31.1 cm³/mol. The van der Waals surface area contributed by atoms with Crippen LogP contribution < -0.4 is 0 Å². The second-order valence-electron chi connectivity index (χ2n) is 1.30. The Morgan fingerprint density at radius 2 is 2.22 bits per heavy atom. The van der Waals surface area contributed by atoms with Gasteiger partial charge in [-0.15, -0.1) is 10.7 Å². The summed E-state index contributed by atoms with van der Waals surface area (Å²) in [4.78, 5) is 0. The summed E-state index contributed by atoms with van der Waals surface area (Å²) in [5.74, 6) is 0. The minimum atomic E-state index is 0. The molecule has 9 heavy (non-hydrogen) atoms. The van der Waals surface area contributed by atoms with Gasteiger partial charge in [-0.05, 0) is 0 Å². The van der Waals surface area contributed by atoms with Crippen LogP contribution in [0.1, 0.15) is 5.69 Å². The molecular weight excluding hydrogens is 221 g/mol. The van der Waals surface area contributed by atoms with Crippen molar-refractivity contribution in [1.29, 1.82) is 0 Å². The Morgan fingerprint density at radius 3 is 2.56 bits per heavy atom. The summed E-state index contributed by atoms with van der Waals surface area (Å²) >= 11 is 3.17. The molecule has 1 heterocycles. The van der Waals surface area contributed by atoms with Crippen LogP contribution in [0.3, 0.4) is 0 Å². The van der Waals surface area contributed by atoms with Crippen LogP contribution in [0.15, 0.2) is 4.47 Å². The summed E-state index contributed by atoms with van der Waals surface area (Å²) in [5.41, 5.74) is 0.806. The number of hydrogen-bond acceptors (Lipinski definition) is 3. The third-order valence-corrected chi connectivity index (χ3v) is 1.46. The molecule has 0 bridgehead atoms. The normalized spacial score (nSPS) is 8.22. The maximum Gasteiger partial charge on any atom is 2.00 e. The van der Waals surface area contributed by atoms with Gasteiger partial charge in [0.1, 0.15) is 0 Å². The standard InChI is InChI=1S/C4H3BrN3.V/c1-3-4(5)2-6-8-7-3;/h1H3;/q-1;+2. The molecule has 0 aliphatic carbocycles. The van der Waals surface area contributed by atoms with Crippen LogP contribution in [0.2, 0.25) is 0 Å². The van der Waals surface area contributed by atoms with E-state index >= 15 is 0 Å². The van der Waals surface area contributed by atoms with E-state index in [1.807, 2.05) is 6.92 Å². The second kappa shape index (κ2) is 3.98. The summed E-state index contributed by atoms with van der Waals surface area (Å²) in [7, 11) is 0. The third-order valence-electron chi connectivity index (χ3n) is 0.705. The molecule has 0 fully saturated rings. The fourth-order valence-corrected chi connectivity index (χ4v) is 0.439. The molecule has 0 atom stereocenters. The zero-order valence-electron chi connectivity index (χ0n) is 4.67. The third kappa shape index (κ3) is 2.43. The molecule has 0 saturated carbocycles. The van der Waals surface area contributed by atoms with Gasteiger partial charge in [-0.25, -0.2) is 10.2 Å². The summed E-state index contributed by atoms with van der Waals surface area (Å²) in [6.45, 7) is 1.83. The van der Waals surface area contributed by atoms with Gasteiger partial charge in [0.05, 0.1) is 0 Å². The molecule has 45 valence electrons. The Bertz CT molecular complexity index is 172. The molecule has 0 aliphatic heterocycles. The zero-order chi connectivity index (χ0) is 5.98. The number of nitrogens with zero attached hydrogens (tertiary/aromatic N) is 3. The van der Waals surface area contributed by atoms with Crippen molar-refractivity contribution in [3.63, 3.8) is 0 Å². The van der Waals surface area contributed by atoms with Gasteiger partial charge >= 0.3 is 18.6 Å². The van der Waals surface area contributed by atoms with E-state index in [1.165, 1.54) is 0 Å². The SMILES string of the molecule is Cc1nnn[c-]c1Br.[V+2]. The van der Waals surface area contributed by atoms with Crippen LogP contribution in [0.5, 0.6) is 0 Å². The van der Waals surface area contributed by atoms with Crippen molar-refractivity contribution in [2.24, 2.45) is 0 Å². The quantitative estimate of drug-likeness (QED) is 0.610. The smallest absolute Gasteiger partial charge is 0.246 e. The van der Waals surface area contributed by atoms with Crippen molar-refractivity contribution in [3.8, 4) is 0 Å². The van der Waals surface area contributed by atoms with Crippen molar-refractivity contribution in [2.75, 3.05) is 0 Å². The van der Waals surface area contributed by atoms with Crippen molar-refractivity contribution >= 4 is 15.9 Å². The first kappa shape index (κ1) is 9.07. The molecule has 0 aliphatic rings. The van der Waals surface area contributed by atoms with E-state index in [4.69, 9.17) is 0 Å². The minimum absolute atomic E-state index is 0. The first-order valence-corrected chi connectivity index (χ1v) is 2.83. The van der Waals surface area contributed by atoms with Crippen LogP contribution >= 0.6 is 15.9 Å². The van der Waals surface area contributed by atoms with Crippen molar-refractivity contribution in [1.82, 2.24) is 15.4 Å². The molecule has 0 N–H and O–H groups in total. The average molecular weight is 224 g/mol. The Morgan fingerprint density at radius 1 is 1.56 bits per heavy atom. The second-order valence-corrected chi connectivity index (χ2v) is 2.09. The topological polar surface area (TPSA) is 38.7 Å². The van der Waals surface area contributed by atoms with E-state index < -0.39 is 0 Å². The van der Waals surface area contributed by atoms with Gasteiger partial charge in [0.2, 0.25) is 0 Å². The van der Waals surface area contributed by atoms with Gasteiger partial charge in [-0.1, -0.05) is 33.8 Å². The molecule has 1 aromatic rings. The monoisotopic (exact) mass is 223 g/mol. The average Bonchev–Trinajstić information content (AvgIpc) is 1.77. The molecular formula is C4H3BrN3V+. The fourth-order valence-electron chi connectivity index (χ4n) is 0.281. The molecule has 0 saturated heterocycles. The van der Waals surface area contributed by atoms with Gasteiger partial charge in [-0.2, -0.15) is 0 Å². The molecule has 5 heteroatoms. The van der Waals surface area contributed by atoms with E-state index in [0.717, 1.165) is 10.2 Å². The van der Waals surface area contributed by atoms with Gasteiger partial charge < -0.3 is 0 Å². The van der Waals surface area contributed by atoms with Gasteiger partial charge in [0, 0.05) is 0 Å². The van der Waals surface area contributed by atoms with Crippen molar-refractivity contribution in [2.45, 2.75) is 6.92 Å². The number of aromatic nitrogens is 3.